The zero-order chi connectivity index (χ0) is 19.8. The van der Waals surface area contributed by atoms with Crippen LogP contribution in [0, 0.1) is 0 Å². The van der Waals surface area contributed by atoms with E-state index in [0.717, 1.165) is 48.7 Å². The number of carbonyl (C=O) groups excluding carboxylic acids is 1. The van der Waals surface area contributed by atoms with Gasteiger partial charge in [-0.3, -0.25) is 4.79 Å². The molecule has 1 saturated carbocycles. The van der Waals surface area contributed by atoms with Crippen molar-refractivity contribution < 1.29 is 14.3 Å². The van der Waals surface area contributed by atoms with Crippen molar-refractivity contribution in [3.63, 3.8) is 0 Å². The third-order valence-electron chi connectivity index (χ3n) is 5.13. The maximum absolute atomic E-state index is 12.3. The van der Waals surface area contributed by atoms with Crippen LogP contribution in [0.1, 0.15) is 48.0 Å². The molecule has 28 heavy (non-hydrogen) atoms. The highest BCUT2D eigenvalue weighted by molar-refractivity contribution is 5.94. The number of carbonyl (C=O) groups is 1. The Kier molecular flexibility index (Phi) is 7.12. The summed E-state index contributed by atoms with van der Waals surface area (Å²) in [6.45, 7) is 0.732. The van der Waals surface area contributed by atoms with Gasteiger partial charge in [0.2, 0.25) is 0 Å². The van der Waals surface area contributed by atoms with Crippen LogP contribution in [0.15, 0.2) is 36.5 Å². The summed E-state index contributed by atoms with van der Waals surface area (Å²) in [5, 5.41) is 6.41. The Hall–Kier alpha value is -2.76. The zero-order valence-electron chi connectivity index (χ0n) is 16.7. The molecule has 1 aromatic heterocycles. The lowest BCUT2D eigenvalue weighted by Gasteiger charge is -2.22. The Morgan fingerprint density at radius 1 is 1.07 bits per heavy atom. The van der Waals surface area contributed by atoms with E-state index >= 15 is 0 Å². The summed E-state index contributed by atoms with van der Waals surface area (Å²) < 4.78 is 10.6. The van der Waals surface area contributed by atoms with Crippen LogP contribution in [0.2, 0.25) is 0 Å². The highest BCUT2D eigenvalue weighted by Crippen LogP contribution is 2.27. The summed E-state index contributed by atoms with van der Waals surface area (Å²) in [5.41, 5.74) is 1.75. The van der Waals surface area contributed by atoms with Gasteiger partial charge in [0, 0.05) is 18.8 Å². The third-order valence-corrected chi connectivity index (χ3v) is 5.13. The molecule has 0 saturated heterocycles. The largest absolute Gasteiger partial charge is 0.493 e. The molecule has 0 spiro atoms. The van der Waals surface area contributed by atoms with Crippen molar-refractivity contribution in [2.24, 2.45) is 0 Å². The standard InChI is InChI=1S/C22H29N3O3/c1-27-19-10-8-16(14-20(19)28-2)12-13-23-21-11-9-17(15-24-21)22(26)25-18-6-4-3-5-7-18/h8-11,14-15,18H,3-7,12-13H2,1-2H3,(H,23,24)(H,25,26). The van der Waals surface area contributed by atoms with Gasteiger partial charge in [-0.1, -0.05) is 25.3 Å². The molecular formula is C22H29N3O3. The molecule has 1 aromatic carbocycles. The van der Waals surface area contributed by atoms with E-state index in [1.165, 1.54) is 19.3 Å². The van der Waals surface area contributed by atoms with Gasteiger partial charge < -0.3 is 20.1 Å². The molecule has 0 atom stereocenters. The average molecular weight is 383 g/mol. The van der Waals surface area contributed by atoms with Crippen LogP contribution in [0.5, 0.6) is 11.5 Å². The fourth-order valence-corrected chi connectivity index (χ4v) is 3.52. The summed E-state index contributed by atoms with van der Waals surface area (Å²) in [6, 6.07) is 9.89. The molecule has 2 aromatic rings. The molecule has 150 valence electrons. The molecule has 1 amide bonds. The Labute approximate surface area is 166 Å². The molecule has 0 radical (unpaired) electrons. The first kappa shape index (κ1) is 20.0. The lowest BCUT2D eigenvalue weighted by Crippen LogP contribution is -2.36. The Bertz CT molecular complexity index is 771. The lowest BCUT2D eigenvalue weighted by molar-refractivity contribution is 0.0927. The molecular weight excluding hydrogens is 354 g/mol. The first-order valence-corrected chi connectivity index (χ1v) is 9.91. The highest BCUT2D eigenvalue weighted by atomic mass is 16.5. The normalized spacial score (nSPS) is 14.4. The molecule has 1 heterocycles. The third kappa shape index (κ3) is 5.38. The number of amides is 1. The van der Waals surface area contributed by atoms with E-state index in [-0.39, 0.29) is 5.91 Å². The van der Waals surface area contributed by atoms with Gasteiger partial charge in [0.1, 0.15) is 5.82 Å². The minimum atomic E-state index is -0.0312. The number of methoxy groups -OCH3 is 2. The SMILES string of the molecule is COc1ccc(CCNc2ccc(C(=O)NC3CCCCC3)cn2)cc1OC. The number of nitrogens with zero attached hydrogens (tertiary/aromatic N) is 1. The molecule has 3 rings (SSSR count). The van der Waals surface area contributed by atoms with E-state index in [1.807, 2.05) is 30.3 Å². The second-order valence-electron chi connectivity index (χ2n) is 7.11. The highest BCUT2D eigenvalue weighted by Gasteiger charge is 2.16. The van der Waals surface area contributed by atoms with Crippen LogP contribution >= 0.6 is 0 Å². The van der Waals surface area contributed by atoms with Crippen molar-refractivity contribution in [2.75, 3.05) is 26.1 Å². The maximum atomic E-state index is 12.3. The Balaban J connectivity index is 1.48. The number of rotatable bonds is 8. The van der Waals surface area contributed by atoms with Crippen LogP contribution in [-0.2, 0) is 6.42 Å². The Morgan fingerprint density at radius 2 is 1.86 bits per heavy atom. The van der Waals surface area contributed by atoms with E-state index in [1.54, 1.807) is 20.4 Å². The van der Waals surface area contributed by atoms with E-state index in [9.17, 15) is 4.79 Å². The molecule has 6 heteroatoms. The average Bonchev–Trinajstić information content (AvgIpc) is 2.74. The fourth-order valence-electron chi connectivity index (χ4n) is 3.52. The number of ether oxygens (including phenoxy) is 2. The predicted molar refractivity (Wildman–Crippen MR) is 110 cm³/mol. The number of aromatic nitrogens is 1. The summed E-state index contributed by atoms with van der Waals surface area (Å²) in [5.74, 6) is 2.18. The number of anilines is 1. The minimum Gasteiger partial charge on any atom is -0.493 e. The number of hydrogen-bond donors (Lipinski definition) is 2. The van der Waals surface area contributed by atoms with E-state index in [4.69, 9.17) is 9.47 Å². The summed E-state index contributed by atoms with van der Waals surface area (Å²) in [7, 11) is 3.26. The van der Waals surface area contributed by atoms with Crippen molar-refractivity contribution >= 4 is 11.7 Å². The number of benzene rings is 1. The van der Waals surface area contributed by atoms with Crippen molar-refractivity contribution in [3.8, 4) is 11.5 Å². The molecule has 1 aliphatic rings. The molecule has 1 fully saturated rings. The summed E-state index contributed by atoms with van der Waals surface area (Å²) >= 11 is 0. The van der Waals surface area contributed by atoms with Crippen molar-refractivity contribution in [3.05, 3.63) is 47.7 Å². The van der Waals surface area contributed by atoms with Gasteiger partial charge in [0.15, 0.2) is 11.5 Å². The topological polar surface area (TPSA) is 72.5 Å². The van der Waals surface area contributed by atoms with Gasteiger partial charge in [0.25, 0.3) is 5.91 Å². The molecule has 0 unspecified atom stereocenters. The van der Waals surface area contributed by atoms with Gasteiger partial charge in [-0.25, -0.2) is 4.98 Å². The van der Waals surface area contributed by atoms with Gasteiger partial charge in [-0.2, -0.15) is 0 Å². The van der Waals surface area contributed by atoms with Crippen molar-refractivity contribution in [2.45, 2.75) is 44.6 Å². The second-order valence-corrected chi connectivity index (χ2v) is 7.11. The number of nitrogens with one attached hydrogen (secondary N) is 2. The smallest absolute Gasteiger partial charge is 0.253 e. The monoisotopic (exact) mass is 383 g/mol. The van der Waals surface area contributed by atoms with Gasteiger partial charge >= 0.3 is 0 Å². The molecule has 6 nitrogen and oxygen atoms in total. The molecule has 1 aliphatic carbocycles. The molecule has 2 N–H and O–H groups in total. The molecule has 0 aliphatic heterocycles. The van der Waals surface area contributed by atoms with E-state index in [0.29, 0.717) is 11.6 Å². The first-order chi connectivity index (χ1) is 13.7. The van der Waals surface area contributed by atoms with Crippen LogP contribution in [0.3, 0.4) is 0 Å². The quantitative estimate of drug-likeness (QED) is 0.725. The van der Waals surface area contributed by atoms with Crippen LogP contribution in [0.4, 0.5) is 5.82 Å². The number of pyridine rings is 1. The van der Waals surface area contributed by atoms with Gasteiger partial charge in [-0.05, 0) is 49.1 Å². The first-order valence-electron chi connectivity index (χ1n) is 9.91. The predicted octanol–water partition coefficient (Wildman–Crippen LogP) is 3.82. The van der Waals surface area contributed by atoms with Crippen LogP contribution in [0.25, 0.3) is 0 Å². The number of hydrogen-bond acceptors (Lipinski definition) is 5. The van der Waals surface area contributed by atoms with Gasteiger partial charge in [-0.15, -0.1) is 0 Å². The van der Waals surface area contributed by atoms with Crippen LogP contribution < -0.4 is 20.1 Å². The van der Waals surface area contributed by atoms with Crippen molar-refractivity contribution in [1.29, 1.82) is 0 Å². The Morgan fingerprint density at radius 3 is 2.54 bits per heavy atom. The molecule has 0 bridgehead atoms. The lowest BCUT2D eigenvalue weighted by atomic mass is 9.95. The van der Waals surface area contributed by atoms with Gasteiger partial charge in [0.05, 0.1) is 19.8 Å². The fraction of sp³-hybridized carbons (Fsp3) is 0.455. The zero-order valence-corrected chi connectivity index (χ0v) is 16.7. The maximum Gasteiger partial charge on any atom is 0.253 e. The summed E-state index contributed by atoms with van der Waals surface area (Å²) in [4.78, 5) is 16.7. The van der Waals surface area contributed by atoms with Crippen molar-refractivity contribution in [1.82, 2.24) is 10.3 Å². The van der Waals surface area contributed by atoms with Crippen LogP contribution in [-0.4, -0.2) is 37.7 Å². The minimum absolute atomic E-state index is 0.0312. The second kappa shape index (κ2) is 9.97. The van der Waals surface area contributed by atoms with E-state index < -0.39 is 0 Å². The summed E-state index contributed by atoms with van der Waals surface area (Å²) in [6.07, 6.45) is 8.29. The van der Waals surface area contributed by atoms with E-state index in [2.05, 4.69) is 15.6 Å².